The van der Waals surface area contributed by atoms with E-state index in [1.807, 2.05) is 0 Å². The minimum absolute atomic E-state index is 0. The van der Waals surface area contributed by atoms with Crippen molar-refractivity contribution in [1.29, 1.82) is 0 Å². The maximum atomic E-state index is 10.8. The molecule has 7 heteroatoms. The average Bonchev–Trinajstić information content (AvgIpc) is 1.93. The first-order chi connectivity index (χ1) is 5.20. The van der Waals surface area contributed by atoms with E-state index in [1.54, 1.807) is 12.1 Å². The molecule has 0 atom stereocenters. The molecule has 0 bridgehead atoms. The third kappa shape index (κ3) is 2.85. The average molecular weight is 207 g/mol. The molecular weight excluding hydrogens is 200 g/mol. The normalized spacial score (nSPS) is 8.33. The zero-order valence-electron chi connectivity index (χ0n) is 5.95. The fourth-order valence-electron chi connectivity index (χ4n) is 0.606. The van der Waals surface area contributed by atoms with E-state index in [-0.39, 0.29) is 23.3 Å². The number of aromatic amines is 1. The smallest absolute Gasteiger partial charge is 0.348 e. The van der Waals surface area contributed by atoms with Gasteiger partial charge in [-0.05, 0) is 23.2 Å². The molecule has 1 heterocycles. The Morgan fingerprint density at radius 2 is 2.42 bits per heavy atom. The maximum Gasteiger partial charge on any atom is 0.348 e. The summed E-state index contributed by atoms with van der Waals surface area (Å²) in [5.74, 6) is 0.278. The highest BCUT2D eigenvalue weighted by Crippen LogP contribution is 1.91. The minimum atomic E-state index is 0. The van der Waals surface area contributed by atoms with Crippen molar-refractivity contribution in [2.75, 3.05) is 5.32 Å². The lowest BCUT2D eigenvalue weighted by Gasteiger charge is -1.90. The molecule has 0 fully saturated rings. The number of hydrogen-bond acceptors (Lipinski definition) is 2. The predicted molar refractivity (Wildman–Crippen MR) is 44.6 cm³/mol. The summed E-state index contributed by atoms with van der Waals surface area (Å²) in [6.45, 7) is 0. The van der Waals surface area contributed by atoms with Gasteiger partial charge in [0.2, 0.25) is 0 Å². The Morgan fingerprint density at radius 1 is 1.75 bits per heavy atom. The second-order valence-electron chi connectivity index (χ2n) is 1.82. The van der Waals surface area contributed by atoms with Crippen LogP contribution in [0.15, 0.2) is 18.3 Å². The summed E-state index contributed by atoms with van der Waals surface area (Å²) >= 11 is 4.54. The van der Waals surface area contributed by atoms with Crippen molar-refractivity contribution in [2.24, 2.45) is 5.73 Å². The Labute approximate surface area is 80.0 Å². The third-order valence-corrected chi connectivity index (χ3v) is 1.11. The molecule has 12 heavy (non-hydrogen) atoms. The van der Waals surface area contributed by atoms with Crippen molar-refractivity contribution in [3.05, 3.63) is 23.2 Å². The van der Waals surface area contributed by atoms with Gasteiger partial charge in [-0.2, -0.15) is 5.10 Å². The highest BCUT2D eigenvalue weighted by atomic mass is 35.5. The van der Waals surface area contributed by atoms with Crippen molar-refractivity contribution in [3.8, 4) is 0 Å². The fourth-order valence-corrected chi connectivity index (χ4v) is 0.710. The number of nitrogens with two attached hydrogens (primary N) is 1. The van der Waals surface area contributed by atoms with Crippen LogP contribution in [0.1, 0.15) is 0 Å². The summed E-state index contributed by atoms with van der Waals surface area (Å²) in [5, 5.41) is 4.95. The molecule has 0 radical (unpaired) electrons. The van der Waals surface area contributed by atoms with Crippen LogP contribution in [0, 0.1) is 4.91 Å². The van der Waals surface area contributed by atoms with Gasteiger partial charge in [0, 0.05) is 12.3 Å². The molecule has 0 unspecified atom stereocenters. The molecule has 5 nitrogen and oxygen atoms in total. The van der Waals surface area contributed by atoms with Crippen LogP contribution in [0.25, 0.3) is 0 Å². The summed E-state index contributed by atoms with van der Waals surface area (Å²) in [4.78, 5) is 10.8. The number of H-pyrrole nitrogens is 1. The highest BCUT2D eigenvalue weighted by Gasteiger charge is 2.04. The van der Waals surface area contributed by atoms with Crippen LogP contribution in [-0.2, 0) is 0 Å². The first-order valence-electron chi connectivity index (χ1n) is 2.87. The van der Waals surface area contributed by atoms with E-state index in [1.165, 1.54) is 6.20 Å². The van der Waals surface area contributed by atoms with E-state index in [2.05, 4.69) is 22.6 Å². The van der Waals surface area contributed by atoms with Crippen molar-refractivity contribution >= 4 is 23.1 Å². The molecule has 0 aliphatic carbocycles. The molecular formula is C5H7ClN4OS. The molecule has 0 spiro atoms. The first kappa shape index (κ1) is 10.9. The summed E-state index contributed by atoms with van der Waals surface area (Å²) in [5.41, 5.74) is 5.15. The van der Waals surface area contributed by atoms with Crippen molar-refractivity contribution in [1.82, 2.24) is 5.10 Å². The number of hydrogen-bond donors (Lipinski definition) is 3. The Bertz CT molecular complexity index is 325. The molecule has 66 valence electrons. The Hall–Kier alpha value is -1.14. The topological polar surface area (TPSA) is 76.8 Å². The lowest BCUT2D eigenvalue weighted by Crippen LogP contribution is -3.00. The number of nitrogens with one attached hydrogen (secondary N) is 2. The lowest BCUT2D eigenvalue weighted by atomic mass is 10.5. The summed E-state index contributed by atoms with van der Waals surface area (Å²) in [7, 11) is 0. The standard InChI is InChI=1S/C5H6N4OS.ClH/c6-5(11)8-4-2-1-3-7-9(4)10;/h1-3H,(H3-,6,7,8,10,11);1H. The molecule has 0 aliphatic heterocycles. The van der Waals surface area contributed by atoms with Gasteiger partial charge < -0.3 is 18.1 Å². The van der Waals surface area contributed by atoms with E-state index < -0.39 is 0 Å². The first-order valence-corrected chi connectivity index (χ1v) is 3.27. The summed E-state index contributed by atoms with van der Waals surface area (Å²) in [6.07, 6.45) is 1.50. The molecule has 1 aromatic heterocycles. The molecule has 0 aliphatic rings. The number of thiocarbonyl (C=S) groups is 1. The Morgan fingerprint density at radius 3 is 2.92 bits per heavy atom. The van der Waals surface area contributed by atoms with Crippen LogP contribution in [0.3, 0.4) is 0 Å². The van der Waals surface area contributed by atoms with Gasteiger partial charge in [0.1, 0.15) is 0 Å². The quantitative estimate of drug-likeness (QED) is 0.331. The number of rotatable bonds is 1. The van der Waals surface area contributed by atoms with E-state index in [9.17, 15) is 4.91 Å². The van der Waals surface area contributed by atoms with E-state index in [4.69, 9.17) is 5.73 Å². The van der Waals surface area contributed by atoms with Crippen LogP contribution >= 0.6 is 12.2 Å². The lowest BCUT2D eigenvalue weighted by molar-refractivity contribution is -0.549. The van der Waals surface area contributed by atoms with E-state index in [0.29, 0.717) is 4.54 Å². The van der Waals surface area contributed by atoms with Gasteiger partial charge in [-0.1, -0.05) is 0 Å². The van der Waals surface area contributed by atoms with Crippen molar-refractivity contribution in [3.63, 3.8) is 0 Å². The zero-order valence-corrected chi connectivity index (χ0v) is 7.52. The largest absolute Gasteiger partial charge is 1.00 e. The van der Waals surface area contributed by atoms with Gasteiger partial charge in [0.05, 0.1) is 4.54 Å². The third-order valence-electron chi connectivity index (χ3n) is 1.01. The van der Waals surface area contributed by atoms with Gasteiger partial charge in [-0.25, -0.2) is 5.32 Å². The minimum Gasteiger partial charge on any atom is -1.00 e. The van der Waals surface area contributed by atoms with Gasteiger partial charge in [0.25, 0.3) is 5.11 Å². The van der Waals surface area contributed by atoms with E-state index >= 15 is 0 Å². The zero-order chi connectivity index (χ0) is 8.27. The number of nitrogens with zero attached hydrogens (tertiary/aromatic N) is 1. The van der Waals surface area contributed by atoms with Crippen molar-refractivity contribution < 1.29 is 16.9 Å². The summed E-state index contributed by atoms with van der Waals surface area (Å²) < 4.78 is 0.527. The molecule has 0 saturated carbocycles. The molecule has 0 amide bonds. The number of anilines is 1. The Kier molecular flexibility index (Phi) is 4.24. The van der Waals surface area contributed by atoms with Gasteiger partial charge in [0.15, 0.2) is 0 Å². The Balaban J connectivity index is 0.00000121. The van der Waals surface area contributed by atoms with Crippen LogP contribution in [0.5, 0.6) is 0 Å². The molecule has 0 saturated heterocycles. The van der Waals surface area contributed by atoms with E-state index in [0.717, 1.165) is 0 Å². The molecule has 1 aromatic rings. The summed E-state index contributed by atoms with van der Waals surface area (Å²) in [6, 6.07) is 3.22. The monoisotopic (exact) mass is 206 g/mol. The SMILES string of the molecule is NC(=S)Nc1ccc[nH][n+]1=O.[Cl-]. The van der Waals surface area contributed by atoms with Gasteiger partial charge >= 0.3 is 5.82 Å². The second-order valence-corrected chi connectivity index (χ2v) is 2.26. The molecule has 0 aromatic carbocycles. The van der Waals surface area contributed by atoms with Gasteiger partial charge in [-0.15, -0.1) is 0 Å². The fraction of sp³-hybridized carbons (Fsp3) is 0. The maximum absolute atomic E-state index is 10.8. The predicted octanol–water partition coefficient (Wildman–Crippen LogP) is -3.41. The molecule has 1 rings (SSSR count). The van der Waals surface area contributed by atoms with Crippen LogP contribution < -0.4 is 28.0 Å². The number of halogens is 1. The van der Waals surface area contributed by atoms with Crippen molar-refractivity contribution in [2.45, 2.75) is 0 Å². The second kappa shape index (κ2) is 4.68. The highest BCUT2D eigenvalue weighted by molar-refractivity contribution is 7.80. The molecule has 4 N–H and O–H groups in total. The number of aromatic nitrogens is 2. The van der Waals surface area contributed by atoms with Crippen LogP contribution in [0.4, 0.5) is 5.82 Å². The van der Waals surface area contributed by atoms with Crippen LogP contribution in [0.2, 0.25) is 0 Å². The van der Waals surface area contributed by atoms with Gasteiger partial charge in [-0.3, -0.25) is 0 Å². The van der Waals surface area contributed by atoms with Crippen LogP contribution in [-0.4, -0.2) is 10.2 Å².